The van der Waals surface area contributed by atoms with Crippen LogP contribution in [0.15, 0.2) is 42.6 Å². The molecule has 1 atom stereocenters. The van der Waals surface area contributed by atoms with Gasteiger partial charge in [0.1, 0.15) is 17.2 Å². The number of aromatic nitrogens is 5. The number of hydrogen-bond acceptors (Lipinski definition) is 4. The van der Waals surface area contributed by atoms with Crippen molar-refractivity contribution >= 4 is 17.5 Å². The lowest BCUT2D eigenvalue weighted by molar-refractivity contribution is -0.749. The summed E-state index contributed by atoms with van der Waals surface area (Å²) in [4.78, 5) is 30.4. The molecule has 1 fully saturated rings. The largest absolute Gasteiger partial charge is 0.329 e. The van der Waals surface area contributed by atoms with Gasteiger partial charge in [0.05, 0.1) is 6.54 Å². The Balaban J connectivity index is 1.48. The maximum absolute atomic E-state index is 13.5. The number of imidazole rings is 1. The van der Waals surface area contributed by atoms with E-state index in [4.69, 9.17) is 5.10 Å². The molecule has 2 amide bonds. The Morgan fingerprint density at radius 3 is 2.61 bits per heavy atom. The highest BCUT2D eigenvalue weighted by Crippen LogP contribution is 2.34. The number of carbonyl (C=O) groups is 2. The molecule has 36 heavy (non-hydrogen) atoms. The van der Waals surface area contributed by atoms with E-state index in [-0.39, 0.29) is 23.5 Å². The first-order chi connectivity index (χ1) is 17.2. The van der Waals surface area contributed by atoms with Gasteiger partial charge in [-0.3, -0.25) is 19.6 Å². The molecule has 0 saturated carbocycles. The molecule has 0 bridgehead atoms. The summed E-state index contributed by atoms with van der Waals surface area (Å²) in [7, 11) is 0. The van der Waals surface area contributed by atoms with Gasteiger partial charge in [0.2, 0.25) is 11.4 Å². The van der Waals surface area contributed by atoms with Crippen LogP contribution in [0.5, 0.6) is 0 Å². The fourth-order valence-electron chi connectivity index (χ4n) is 5.47. The summed E-state index contributed by atoms with van der Waals surface area (Å²) < 4.78 is 17.3. The number of aromatic amines is 1. The summed E-state index contributed by atoms with van der Waals surface area (Å²) in [6, 6.07) is 9.98. The van der Waals surface area contributed by atoms with Gasteiger partial charge in [-0.15, -0.1) is 0 Å². The smallest absolute Gasteiger partial charge is 0.313 e. The van der Waals surface area contributed by atoms with Crippen molar-refractivity contribution in [1.29, 1.82) is 0 Å². The van der Waals surface area contributed by atoms with Crippen LogP contribution in [0, 0.1) is 12.7 Å². The first kappa shape index (κ1) is 22.4. The lowest BCUT2D eigenvalue weighted by atomic mass is 10.0. The predicted molar refractivity (Wildman–Crippen MR) is 129 cm³/mol. The monoisotopic (exact) mass is 488 g/mol. The van der Waals surface area contributed by atoms with Gasteiger partial charge in [-0.1, -0.05) is 23.5 Å². The zero-order chi connectivity index (χ0) is 25.4. The molecular formula is C26H27FN7O2+. The number of aryl methyl sites for hydroxylation is 1. The number of H-pyrrole nitrogens is 1. The van der Waals surface area contributed by atoms with E-state index in [0.717, 1.165) is 22.5 Å². The molecule has 1 saturated heterocycles. The number of nitrogens with one attached hydrogen (secondary N) is 1. The third-order valence-corrected chi connectivity index (χ3v) is 7.27. The Morgan fingerprint density at radius 2 is 1.94 bits per heavy atom. The van der Waals surface area contributed by atoms with Crippen molar-refractivity contribution in [2.24, 2.45) is 0 Å². The van der Waals surface area contributed by atoms with E-state index in [1.165, 1.54) is 12.1 Å². The van der Waals surface area contributed by atoms with Gasteiger partial charge < -0.3 is 4.90 Å². The number of piperazine rings is 1. The van der Waals surface area contributed by atoms with Crippen molar-refractivity contribution in [3.8, 4) is 11.3 Å². The summed E-state index contributed by atoms with van der Waals surface area (Å²) in [5.74, 6) is -0.420. The van der Waals surface area contributed by atoms with Gasteiger partial charge in [0, 0.05) is 36.8 Å². The molecule has 6 rings (SSSR count). The van der Waals surface area contributed by atoms with Crippen LogP contribution in [0.25, 0.3) is 16.9 Å². The van der Waals surface area contributed by atoms with Gasteiger partial charge >= 0.3 is 11.6 Å². The van der Waals surface area contributed by atoms with E-state index < -0.39 is 5.66 Å². The topological polar surface area (TPSA) is 90.5 Å². The average molecular weight is 489 g/mol. The minimum atomic E-state index is -0.775. The number of halogens is 1. The second-order valence-corrected chi connectivity index (χ2v) is 10.1. The first-order valence-corrected chi connectivity index (χ1v) is 12.1. The van der Waals surface area contributed by atoms with Crippen molar-refractivity contribution in [3.05, 3.63) is 71.1 Å². The van der Waals surface area contributed by atoms with Gasteiger partial charge in [-0.2, -0.15) is 9.67 Å². The third-order valence-electron chi connectivity index (χ3n) is 7.27. The molecule has 1 unspecified atom stereocenters. The molecule has 3 aromatic heterocycles. The summed E-state index contributed by atoms with van der Waals surface area (Å²) in [6.45, 7) is 9.23. The van der Waals surface area contributed by atoms with Crippen molar-refractivity contribution in [2.45, 2.75) is 39.3 Å². The van der Waals surface area contributed by atoms with Gasteiger partial charge in [0.25, 0.3) is 5.91 Å². The molecule has 4 aromatic rings. The molecule has 184 valence electrons. The van der Waals surface area contributed by atoms with E-state index in [1.807, 2.05) is 29.4 Å². The predicted octanol–water partition coefficient (Wildman–Crippen LogP) is 2.87. The van der Waals surface area contributed by atoms with Gasteiger partial charge in [-0.05, 0) is 49.2 Å². The van der Waals surface area contributed by atoms with Crippen LogP contribution in [0.4, 0.5) is 4.39 Å². The summed E-state index contributed by atoms with van der Waals surface area (Å²) in [5, 5.41) is 11.8. The van der Waals surface area contributed by atoms with E-state index in [2.05, 4.69) is 24.0 Å². The summed E-state index contributed by atoms with van der Waals surface area (Å²) in [5.41, 5.74) is 4.27. The Hall–Kier alpha value is -4.08. The lowest BCUT2D eigenvalue weighted by Crippen LogP contribution is -2.69. The Kier molecular flexibility index (Phi) is 4.79. The van der Waals surface area contributed by atoms with Gasteiger partial charge in [0.15, 0.2) is 6.20 Å². The summed E-state index contributed by atoms with van der Waals surface area (Å²) >= 11 is 0. The van der Waals surface area contributed by atoms with Crippen LogP contribution in [0.3, 0.4) is 0 Å². The number of fused-ring (bicyclic) bond motifs is 5. The van der Waals surface area contributed by atoms with E-state index in [0.29, 0.717) is 36.7 Å². The molecule has 2 aliphatic rings. The second kappa shape index (κ2) is 7.71. The molecule has 10 heteroatoms. The Labute approximate surface area is 207 Å². The zero-order valence-corrected chi connectivity index (χ0v) is 20.6. The maximum Gasteiger partial charge on any atom is 0.313 e. The van der Waals surface area contributed by atoms with Crippen molar-refractivity contribution in [1.82, 2.24) is 29.6 Å². The molecule has 0 aliphatic carbocycles. The highest BCUT2D eigenvalue weighted by Gasteiger charge is 2.57. The Bertz CT molecular complexity index is 1540. The SMILES string of the molecule is Cc1cc(C(=O)N2CCN3C(=O)c4cn5nc(-c6ccc(F)cc6)cc(C(C)C)c5[n+]4C3(C)C2)n[nH]1. The van der Waals surface area contributed by atoms with Crippen LogP contribution in [0.2, 0.25) is 0 Å². The number of nitrogens with zero attached hydrogens (tertiary/aromatic N) is 6. The number of hydrogen-bond donors (Lipinski definition) is 1. The molecule has 5 heterocycles. The fourth-order valence-corrected chi connectivity index (χ4v) is 5.47. The van der Waals surface area contributed by atoms with Crippen LogP contribution in [0.1, 0.15) is 58.9 Å². The Morgan fingerprint density at radius 1 is 1.19 bits per heavy atom. The molecule has 1 N–H and O–H groups in total. The van der Waals surface area contributed by atoms with Gasteiger partial charge in [-0.25, -0.2) is 4.39 Å². The van der Waals surface area contributed by atoms with Crippen LogP contribution in [-0.2, 0) is 5.66 Å². The molecule has 0 spiro atoms. The minimum absolute atomic E-state index is 0.0799. The van der Waals surface area contributed by atoms with Crippen molar-refractivity contribution in [3.63, 3.8) is 0 Å². The quantitative estimate of drug-likeness (QED) is 0.449. The van der Waals surface area contributed by atoms with Crippen LogP contribution >= 0.6 is 0 Å². The van der Waals surface area contributed by atoms with E-state index >= 15 is 0 Å². The highest BCUT2D eigenvalue weighted by molar-refractivity contribution is 5.95. The van der Waals surface area contributed by atoms with E-state index in [9.17, 15) is 14.0 Å². The normalized spacial score (nSPS) is 19.3. The first-order valence-electron chi connectivity index (χ1n) is 12.1. The molecule has 1 aromatic carbocycles. The molecule has 0 radical (unpaired) electrons. The van der Waals surface area contributed by atoms with Crippen molar-refractivity contribution < 1.29 is 18.5 Å². The number of benzene rings is 1. The highest BCUT2D eigenvalue weighted by atomic mass is 19.1. The van der Waals surface area contributed by atoms with Crippen LogP contribution in [-0.4, -0.2) is 61.1 Å². The molecule has 2 aliphatic heterocycles. The fraction of sp³-hybridized carbons (Fsp3) is 0.346. The third kappa shape index (κ3) is 3.16. The van der Waals surface area contributed by atoms with Crippen LogP contribution < -0.4 is 4.57 Å². The summed E-state index contributed by atoms with van der Waals surface area (Å²) in [6.07, 6.45) is 1.77. The van der Waals surface area contributed by atoms with E-state index in [1.54, 1.807) is 33.8 Å². The number of amides is 2. The maximum atomic E-state index is 13.5. The average Bonchev–Trinajstić information content (AvgIpc) is 3.51. The minimum Gasteiger partial charge on any atom is -0.329 e. The molecular weight excluding hydrogens is 461 g/mol. The lowest BCUT2D eigenvalue weighted by Gasteiger charge is -2.42. The standard InChI is InChI=1S/C26H26FN7O2/c1-15(2)19-12-20(17-5-7-18(27)8-6-17)30-33-13-22-25(36)32-10-9-31(14-26(32,4)34(22)23(19)33)24(35)21-11-16(3)28-29-21/h5-8,11-13,15H,9-10,14H2,1-4H3/p+1. The number of carbonyl (C=O) groups excluding carboxylic acids is 2. The zero-order valence-electron chi connectivity index (χ0n) is 20.6. The number of rotatable bonds is 3. The molecule has 9 nitrogen and oxygen atoms in total. The second-order valence-electron chi connectivity index (χ2n) is 10.1. The van der Waals surface area contributed by atoms with Crippen molar-refractivity contribution in [2.75, 3.05) is 19.6 Å².